The maximum atomic E-state index is 5.14. The second kappa shape index (κ2) is 7.21. The van der Waals surface area contributed by atoms with Crippen LogP contribution in [0.25, 0.3) is 0 Å². The first-order valence-electron chi connectivity index (χ1n) is 9.28. The smallest absolute Gasteiger partial charge is 0.167 e. The van der Waals surface area contributed by atoms with E-state index in [2.05, 4.69) is 41.9 Å². The van der Waals surface area contributed by atoms with Gasteiger partial charge in [0, 0.05) is 20.1 Å². The molecule has 1 unspecified atom stereocenters. The van der Waals surface area contributed by atoms with Crippen LogP contribution in [-0.2, 0) is 24.9 Å². The summed E-state index contributed by atoms with van der Waals surface area (Å²) in [6.07, 6.45) is 7.31. The van der Waals surface area contributed by atoms with Crippen LogP contribution >= 0.6 is 0 Å². The number of H-pyrrole nitrogens is 1. The Morgan fingerprint density at radius 2 is 2.04 bits per heavy atom. The molecule has 1 saturated heterocycles. The van der Waals surface area contributed by atoms with Crippen LogP contribution in [0.5, 0.6) is 0 Å². The van der Waals surface area contributed by atoms with E-state index >= 15 is 0 Å². The van der Waals surface area contributed by atoms with Crippen molar-refractivity contribution in [3.05, 3.63) is 23.3 Å². The summed E-state index contributed by atoms with van der Waals surface area (Å²) in [5.74, 6) is 4.45. The summed E-state index contributed by atoms with van der Waals surface area (Å²) in [7, 11) is 3.77. The molecular formula is C17H27N7O. The summed E-state index contributed by atoms with van der Waals surface area (Å²) in [5, 5.41) is 16.4. The van der Waals surface area contributed by atoms with Crippen molar-refractivity contribution in [3.8, 4) is 0 Å². The molecule has 1 aliphatic heterocycles. The highest BCUT2D eigenvalue weighted by Gasteiger charge is 2.30. The Kier molecular flexibility index (Phi) is 4.80. The zero-order chi connectivity index (χ0) is 17.2. The predicted octanol–water partition coefficient (Wildman–Crippen LogP) is 2.07. The summed E-state index contributed by atoms with van der Waals surface area (Å²) in [4.78, 5) is 7.06. The van der Waals surface area contributed by atoms with E-state index in [9.17, 15) is 0 Å². The van der Waals surface area contributed by atoms with Gasteiger partial charge in [0.2, 0.25) is 0 Å². The summed E-state index contributed by atoms with van der Waals surface area (Å²) >= 11 is 0. The van der Waals surface area contributed by atoms with Crippen molar-refractivity contribution < 1.29 is 4.74 Å². The molecule has 1 saturated carbocycles. The van der Waals surface area contributed by atoms with Gasteiger partial charge in [0.25, 0.3) is 0 Å². The first kappa shape index (κ1) is 16.7. The molecule has 0 spiro atoms. The number of hydrogen-bond donors (Lipinski definition) is 1. The minimum atomic E-state index is 0.236. The molecule has 2 fully saturated rings. The van der Waals surface area contributed by atoms with E-state index in [1.54, 1.807) is 7.11 Å². The van der Waals surface area contributed by atoms with Crippen LogP contribution in [0.4, 0.5) is 0 Å². The van der Waals surface area contributed by atoms with Crippen molar-refractivity contribution in [1.82, 2.24) is 34.8 Å². The fourth-order valence-electron chi connectivity index (χ4n) is 3.85. The van der Waals surface area contributed by atoms with Crippen LogP contribution in [0.1, 0.15) is 73.8 Å². The van der Waals surface area contributed by atoms with Crippen molar-refractivity contribution in [2.24, 2.45) is 7.05 Å². The maximum absolute atomic E-state index is 5.14. The lowest BCUT2D eigenvalue weighted by atomic mass is 9.85. The lowest BCUT2D eigenvalue weighted by Crippen LogP contribution is -2.34. The fraction of sp³-hybridized carbons (Fsp3) is 0.765. The molecule has 25 heavy (non-hydrogen) atoms. The number of nitrogens with one attached hydrogen (secondary N) is 1. The number of nitrogens with zero attached hydrogens (tertiary/aromatic N) is 6. The zero-order valence-corrected chi connectivity index (χ0v) is 15.1. The van der Waals surface area contributed by atoms with E-state index in [1.165, 1.54) is 32.1 Å². The molecule has 1 N–H and O–H groups in total. The third-order valence-corrected chi connectivity index (χ3v) is 5.56. The molecule has 3 heterocycles. The molecule has 8 nitrogen and oxygen atoms in total. The van der Waals surface area contributed by atoms with Crippen LogP contribution in [0.15, 0.2) is 0 Å². The van der Waals surface area contributed by atoms with Crippen LogP contribution in [0.3, 0.4) is 0 Å². The molecule has 0 amide bonds. The van der Waals surface area contributed by atoms with Gasteiger partial charge in [-0.25, -0.2) is 4.98 Å². The molecule has 0 aromatic carbocycles. The molecule has 0 bridgehead atoms. The van der Waals surface area contributed by atoms with Gasteiger partial charge in [0.05, 0.1) is 12.6 Å². The molecule has 2 aromatic rings. The number of likely N-dealkylation sites (tertiary alicyclic amines) is 1. The van der Waals surface area contributed by atoms with Crippen molar-refractivity contribution >= 4 is 0 Å². The summed E-state index contributed by atoms with van der Waals surface area (Å²) in [6.45, 7) is 2.31. The van der Waals surface area contributed by atoms with Crippen molar-refractivity contribution in [3.63, 3.8) is 0 Å². The molecular weight excluding hydrogens is 318 g/mol. The van der Waals surface area contributed by atoms with E-state index < -0.39 is 0 Å². The van der Waals surface area contributed by atoms with Crippen LogP contribution in [0.2, 0.25) is 0 Å². The lowest BCUT2D eigenvalue weighted by Gasteiger charge is -2.33. The molecule has 2 aliphatic rings. The van der Waals surface area contributed by atoms with Gasteiger partial charge in [0.1, 0.15) is 18.3 Å². The zero-order valence-electron chi connectivity index (χ0n) is 15.1. The Balaban J connectivity index is 1.50. The van der Waals surface area contributed by atoms with Crippen LogP contribution < -0.4 is 0 Å². The van der Waals surface area contributed by atoms with Crippen molar-refractivity contribution in [2.45, 2.75) is 63.6 Å². The molecule has 0 radical (unpaired) electrons. The van der Waals surface area contributed by atoms with Gasteiger partial charge >= 0.3 is 0 Å². The quantitative estimate of drug-likeness (QED) is 0.863. The third-order valence-electron chi connectivity index (χ3n) is 5.56. The Morgan fingerprint density at radius 1 is 1.16 bits per heavy atom. The number of aromatic amines is 1. The summed E-state index contributed by atoms with van der Waals surface area (Å²) < 4.78 is 7.34. The largest absolute Gasteiger partial charge is 0.377 e. The summed E-state index contributed by atoms with van der Waals surface area (Å²) in [5.41, 5.74) is 0. The fourth-order valence-corrected chi connectivity index (χ4v) is 3.85. The number of piperidine rings is 1. The Bertz CT molecular complexity index is 706. The number of hydrogen-bond acceptors (Lipinski definition) is 6. The van der Waals surface area contributed by atoms with Gasteiger partial charge in [-0.1, -0.05) is 12.8 Å². The highest BCUT2D eigenvalue weighted by atomic mass is 16.5. The van der Waals surface area contributed by atoms with Gasteiger partial charge in [-0.15, -0.1) is 10.2 Å². The van der Waals surface area contributed by atoms with Crippen LogP contribution in [-0.4, -0.2) is 48.5 Å². The Morgan fingerprint density at radius 3 is 2.80 bits per heavy atom. The van der Waals surface area contributed by atoms with E-state index in [4.69, 9.17) is 4.74 Å². The van der Waals surface area contributed by atoms with Gasteiger partial charge in [-0.2, -0.15) is 5.10 Å². The average Bonchev–Trinajstić information content (AvgIpc) is 3.16. The number of rotatable bonds is 6. The standard InChI is InChI=1S/C17H27N7O/c1-23-15(20-22-17(23)12-6-5-7-12)10-24-9-4-3-8-13(24)16-18-14(11-25-2)19-21-16/h12-13H,3-11H2,1-2H3,(H,18,19,21). The second-order valence-electron chi connectivity index (χ2n) is 7.22. The minimum Gasteiger partial charge on any atom is -0.377 e. The summed E-state index contributed by atoms with van der Waals surface area (Å²) in [6, 6.07) is 0.236. The molecule has 1 aliphatic carbocycles. The maximum Gasteiger partial charge on any atom is 0.167 e. The van der Waals surface area contributed by atoms with Crippen molar-refractivity contribution in [2.75, 3.05) is 13.7 Å². The predicted molar refractivity (Wildman–Crippen MR) is 91.7 cm³/mol. The van der Waals surface area contributed by atoms with Gasteiger partial charge in [0.15, 0.2) is 11.6 Å². The molecule has 8 heteroatoms. The molecule has 136 valence electrons. The van der Waals surface area contributed by atoms with Gasteiger partial charge in [-0.3, -0.25) is 10.00 Å². The number of aromatic nitrogens is 6. The first-order chi connectivity index (χ1) is 12.3. The van der Waals surface area contributed by atoms with Gasteiger partial charge < -0.3 is 9.30 Å². The normalized spacial score (nSPS) is 22.2. The topological polar surface area (TPSA) is 84.8 Å². The highest BCUT2D eigenvalue weighted by Crippen LogP contribution is 2.35. The molecule has 2 aromatic heterocycles. The first-order valence-corrected chi connectivity index (χ1v) is 9.28. The van der Waals surface area contributed by atoms with Gasteiger partial charge in [-0.05, 0) is 32.2 Å². The second-order valence-corrected chi connectivity index (χ2v) is 7.22. The molecule has 4 rings (SSSR count). The Hall–Kier alpha value is -1.80. The van der Waals surface area contributed by atoms with E-state index in [0.717, 1.165) is 42.8 Å². The lowest BCUT2D eigenvalue weighted by molar-refractivity contribution is 0.128. The van der Waals surface area contributed by atoms with E-state index in [1.807, 2.05) is 0 Å². The third kappa shape index (κ3) is 3.32. The Labute approximate surface area is 148 Å². The minimum absolute atomic E-state index is 0.236. The highest BCUT2D eigenvalue weighted by molar-refractivity contribution is 5.06. The number of ether oxygens (including phenoxy) is 1. The monoisotopic (exact) mass is 345 g/mol. The van der Waals surface area contributed by atoms with E-state index in [0.29, 0.717) is 12.5 Å². The van der Waals surface area contributed by atoms with Crippen molar-refractivity contribution in [1.29, 1.82) is 0 Å². The number of methoxy groups -OCH3 is 1. The SMILES string of the molecule is COCc1nc(C2CCCCN2Cc2nnc(C3CCC3)n2C)n[nH]1. The molecule has 1 atom stereocenters. The van der Waals surface area contributed by atoms with Crippen LogP contribution in [0, 0.1) is 0 Å². The average molecular weight is 345 g/mol. The van der Waals surface area contributed by atoms with E-state index in [-0.39, 0.29) is 6.04 Å².